The molecule has 0 aliphatic carbocycles. The van der Waals surface area contributed by atoms with Crippen LogP contribution in [0.2, 0.25) is 0 Å². The fourth-order valence-electron chi connectivity index (χ4n) is 3.32. The van der Waals surface area contributed by atoms with Gasteiger partial charge in [0.05, 0.1) is 30.1 Å². The molecule has 0 radical (unpaired) electrons. The summed E-state index contributed by atoms with van der Waals surface area (Å²) in [6.45, 7) is 5.94. The van der Waals surface area contributed by atoms with Gasteiger partial charge in [0.25, 0.3) is 5.91 Å². The highest BCUT2D eigenvalue weighted by Gasteiger charge is 2.16. The first-order valence-electron chi connectivity index (χ1n) is 10.2. The zero-order chi connectivity index (χ0) is 20.5. The molecule has 1 atom stereocenters. The van der Waals surface area contributed by atoms with Crippen molar-refractivity contribution in [3.05, 3.63) is 89.2 Å². The largest absolute Gasteiger partial charge is 0.374 e. The van der Waals surface area contributed by atoms with Crippen LogP contribution in [0.15, 0.2) is 66.9 Å². The minimum absolute atomic E-state index is 0.0508. The Morgan fingerprint density at radius 3 is 2.48 bits per heavy atom. The van der Waals surface area contributed by atoms with Gasteiger partial charge < -0.3 is 10.1 Å². The standard InChI is InChI=1S/C24H29N3O2/c1-3-23-22(17-26-27(23)18-20-11-6-4-7-12-20)24(28)25-15-10-16-29-19(2)21-13-8-5-9-14-21/h4-9,11-14,17,19H,3,10,15-16,18H2,1-2H3,(H,25,28). The molecular weight excluding hydrogens is 362 g/mol. The second-order valence-corrected chi connectivity index (χ2v) is 7.03. The Hall–Kier alpha value is -2.92. The molecule has 5 nitrogen and oxygen atoms in total. The zero-order valence-electron chi connectivity index (χ0n) is 17.2. The second kappa shape index (κ2) is 10.6. The number of carbonyl (C=O) groups excluding carboxylic acids is 1. The van der Waals surface area contributed by atoms with Crippen molar-refractivity contribution in [3.8, 4) is 0 Å². The number of hydrogen-bond acceptors (Lipinski definition) is 3. The Labute approximate surface area is 172 Å². The number of amides is 1. The van der Waals surface area contributed by atoms with Gasteiger partial charge in [-0.25, -0.2) is 0 Å². The molecule has 0 saturated heterocycles. The van der Waals surface area contributed by atoms with Gasteiger partial charge in [0.1, 0.15) is 0 Å². The number of nitrogens with zero attached hydrogens (tertiary/aromatic N) is 2. The number of aromatic nitrogens is 2. The molecule has 0 aliphatic heterocycles. The van der Waals surface area contributed by atoms with E-state index in [-0.39, 0.29) is 12.0 Å². The lowest BCUT2D eigenvalue weighted by Gasteiger charge is -2.13. The molecule has 152 valence electrons. The SMILES string of the molecule is CCc1c(C(=O)NCCCOC(C)c2ccccc2)cnn1Cc1ccccc1. The van der Waals surface area contributed by atoms with E-state index < -0.39 is 0 Å². The summed E-state index contributed by atoms with van der Waals surface area (Å²) in [6.07, 6.45) is 3.25. The number of benzene rings is 2. The van der Waals surface area contributed by atoms with Crippen molar-refractivity contribution in [2.75, 3.05) is 13.2 Å². The van der Waals surface area contributed by atoms with Crippen LogP contribution in [0.1, 0.15) is 53.6 Å². The second-order valence-electron chi connectivity index (χ2n) is 7.03. The lowest BCUT2D eigenvalue weighted by Crippen LogP contribution is -2.26. The fourth-order valence-corrected chi connectivity index (χ4v) is 3.32. The molecule has 1 N–H and O–H groups in total. The van der Waals surface area contributed by atoms with E-state index in [0.717, 1.165) is 24.1 Å². The van der Waals surface area contributed by atoms with Crippen molar-refractivity contribution >= 4 is 5.91 Å². The summed E-state index contributed by atoms with van der Waals surface area (Å²) in [7, 11) is 0. The van der Waals surface area contributed by atoms with E-state index in [2.05, 4.69) is 34.7 Å². The average molecular weight is 392 g/mol. The summed E-state index contributed by atoms with van der Waals surface area (Å²) in [5.41, 5.74) is 3.94. The highest BCUT2D eigenvalue weighted by molar-refractivity contribution is 5.95. The molecule has 0 saturated carbocycles. The Balaban J connectivity index is 1.47. The molecule has 5 heteroatoms. The maximum absolute atomic E-state index is 12.6. The lowest BCUT2D eigenvalue weighted by atomic mass is 10.1. The topological polar surface area (TPSA) is 56.1 Å². The van der Waals surface area contributed by atoms with Crippen LogP contribution < -0.4 is 5.32 Å². The van der Waals surface area contributed by atoms with E-state index in [1.807, 2.05) is 54.9 Å². The van der Waals surface area contributed by atoms with Gasteiger partial charge in [-0.15, -0.1) is 0 Å². The first-order valence-corrected chi connectivity index (χ1v) is 10.2. The van der Waals surface area contributed by atoms with Crippen LogP contribution in [0, 0.1) is 0 Å². The lowest BCUT2D eigenvalue weighted by molar-refractivity contribution is 0.0635. The molecule has 1 heterocycles. The van der Waals surface area contributed by atoms with Crippen molar-refractivity contribution in [1.29, 1.82) is 0 Å². The van der Waals surface area contributed by atoms with Gasteiger partial charge in [0, 0.05) is 13.2 Å². The van der Waals surface area contributed by atoms with Crippen LogP contribution >= 0.6 is 0 Å². The van der Waals surface area contributed by atoms with E-state index >= 15 is 0 Å². The van der Waals surface area contributed by atoms with E-state index in [9.17, 15) is 4.79 Å². The summed E-state index contributed by atoms with van der Waals surface area (Å²) >= 11 is 0. The highest BCUT2D eigenvalue weighted by Crippen LogP contribution is 2.16. The Morgan fingerprint density at radius 1 is 1.10 bits per heavy atom. The van der Waals surface area contributed by atoms with Gasteiger partial charge in [-0.3, -0.25) is 9.48 Å². The molecule has 29 heavy (non-hydrogen) atoms. The molecule has 1 unspecified atom stereocenters. The molecule has 0 spiro atoms. The normalized spacial score (nSPS) is 11.9. The smallest absolute Gasteiger partial charge is 0.254 e. The number of rotatable bonds is 10. The van der Waals surface area contributed by atoms with Crippen molar-refractivity contribution in [2.45, 2.75) is 39.3 Å². The van der Waals surface area contributed by atoms with E-state index in [4.69, 9.17) is 4.74 Å². The Morgan fingerprint density at radius 2 is 1.79 bits per heavy atom. The molecule has 0 fully saturated rings. The van der Waals surface area contributed by atoms with Crippen molar-refractivity contribution in [1.82, 2.24) is 15.1 Å². The van der Waals surface area contributed by atoms with Gasteiger partial charge in [-0.1, -0.05) is 67.6 Å². The Bertz CT molecular complexity index is 891. The molecule has 1 aromatic heterocycles. The summed E-state index contributed by atoms with van der Waals surface area (Å²) in [5, 5.41) is 7.43. The Kier molecular flexibility index (Phi) is 7.59. The van der Waals surface area contributed by atoms with Crippen LogP contribution in [-0.4, -0.2) is 28.8 Å². The predicted octanol–water partition coefficient (Wildman–Crippen LogP) is 4.39. The van der Waals surface area contributed by atoms with E-state index in [0.29, 0.717) is 25.3 Å². The van der Waals surface area contributed by atoms with Gasteiger partial charge in [-0.2, -0.15) is 5.10 Å². The maximum atomic E-state index is 12.6. The molecule has 0 aliphatic rings. The van der Waals surface area contributed by atoms with Crippen molar-refractivity contribution in [3.63, 3.8) is 0 Å². The zero-order valence-corrected chi connectivity index (χ0v) is 17.2. The predicted molar refractivity (Wildman–Crippen MR) is 115 cm³/mol. The minimum atomic E-state index is -0.0720. The van der Waals surface area contributed by atoms with Crippen LogP contribution in [0.25, 0.3) is 0 Å². The third kappa shape index (κ3) is 5.78. The number of ether oxygens (including phenoxy) is 1. The van der Waals surface area contributed by atoms with Crippen LogP contribution in [-0.2, 0) is 17.7 Å². The molecule has 1 amide bonds. The van der Waals surface area contributed by atoms with Gasteiger partial charge in [0.15, 0.2) is 0 Å². The molecule has 0 bridgehead atoms. The first-order chi connectivity index (χ1) is 14.2. The molecule has 2 aromatic carbocycles. The monoisotopic (exact) mass is 391 g/mol. The van der Waals surface area contributed by atoms with Gasteiger partial charge >= 0.3 is 0 Å². The quantitative estimate of drug-likeness (QED) is 0.522. The molecular formula is C24H29N3O2. The third-order valence-electron chi connectivity index (χ3n) is 4.95. The number of hydrogen-bond donors (Lipinski definition) is 1. The van der Waals surface area contributed by atoms with Crippen LogP contribution in [0.3, 0.4) is 0 Å². The van der Waals surface area contributed by atoms with Gasteiger partial charge in [0.2, 0.25) is 0 Å². The maximum Gasteiger partial charge on any atom is 0.254 e. The van der Waals surface area contributed by atoms with Crippen molar-refractivity contribution in [2.24, 2.45) is 0 Å². The molecule has 3 rings (SSSR count). The van der Waals surface area contributed by atoms with Crippen molar-refractivity contribution < 1.29 is 9.53 Å². The van der Waals surface area contributed by atoms with E-state index in [1.165, 1.54) is 5.56 Å². The van der Waals surface area contributed by atoms with Gasteiger partial charge in [-0.05, 0) is 30.9 Å². The van der Waals surface area contributed by atoms with Crippen LogP contribution in [0.5, 0.6) is 0 Å². The third-order valence-corrected chi connectivity index (χ3v) is 4.95. The first kappa shape index (κ1) is 20.8. The summed E-state index contributed by atoms with van der Waals surface area (Å²) in [4.78, 5) is 12.6. The molecule has 3 aromatic rings. The number of nitrogens with one attached hydrogen (secondary N) is 1. The minimum Gasteiger partial charge on any atom is -0.374 e. The summed E-state index contributed by atoms with van der Waals surface area (Å²) < 4.78 is 7.77. The summed E-state index contributed by atoms with van der Waals surface area (Å²) in [5.74, 6) is -0.0720. The summed E-state index contributed by atoms with van der Waals surface area (Å²) in [6, 6.07) is 20.3. The van der Waals surface area contributed by atoms with Crippen LogP contribution in [0.4, 0.5) is 0 Å². The fraction of sp³-hybridized carbons (Fsp3) is 0.333. The van der Waals surface area contributed by atoms with E-state index in [1.54, 1.807) is 6.20 Å². The highest BCUT2D eigenvalue weighted by atomic mass is 16.5. The number of carbonyl (C=O) groups is 1. The average Bonchev–Trinajstić information content (AvgIpc) is 3.17.